The Hall–Kier alpha value is -2.25. The number of rotatable bonds is 3. The lowest BCUT2D eigenvalue weighted by atomic mass is 10.3. The van der Waals surface area contributed by atoms with E-state index in [4.69, 9.17) is 10.5 Å². The third kappa shape index (κ3) is 3.01. The first-order chi connectivity index (χ1) is 9.27. The number of anilines is 1. The van der Waals surface area contributed by atoms with E-state index in [1.807, 2.05) is 13.8 Å². The zero-order chi connectivity index (χ0) is 14.9. The Kier molecular flexibility index (Phi) is 3.56. The summed E-state index contributed by atoms with van der Waals surface area (Å²) in [5.41, 5.74) is 4.53. The highest BCUT2D eigenvalue weighted by Crippen LogP contribution is 2.34. The van der Waals surface area contributed by atoms with Crippen LogP contribution in [0.3, 0.4) is 0 Å². The van der Waals surface area contributed by atoms with E-state index >= 15 is 0 Å². The van der Waals surface area contributed by atoms with Crippen LogP contribution in [0.4, 0.5) is 18.9 Å². The van der Waals surface area contributed by atoms with Crippen LogP contribution in [-0.2, 0) is 6.18 Å². The summed E-state index contributed by atoms with van der Waals surface area (Å²) in [5.74, 6) is 0.209. The fraction of sp³-hybridized carbons (Fsp3) is 0.333. The van der Waals surface area contributed by atoms with Crippen LogP contribution in [-0.4, -0.2) is 14.8 Å². The molecule has 0 aromatic carbocycles. The molecule has 0 saturated heterocycles. The van der Waals surface area contributed by atoms with Gasteiger partial charge in [0, 0.05) is 12.1 Å². The van der Waals surface area contributed by atoms with Gasteiger partial charge in [0.25, 0.3) is 0 Å². The van der Waals surface area contributed by atoms with E-state index in [-0.39, 0.29) is 17.5 Å². The van der Waals surface area contributed by atoms with Crippen molar-refractivity contribution in [3.63, 3.8) is 0 Å². The van der Waals surface area contributed by atoms with Gasteiger partial charge in [0.05, 0.1) is 24.3 Å². The van der Waals surface area contributed by atoms with Gasteiger partial charge in [-0.2, -0.15) is 18.3 Å². The minimum Gasteiger partial charge on any atom is -0.452 e. The third-order valence-corrected chi connectivity index (χ3v) is 2.52. The summed E-state index contributed by atoms with van der Waals surface area (Å²) in [4.78, 5) is 3.23. The first kappa shape index (κ1) is 14.2. The molecule has 0 aliphatic rings. The molecule has 0 radical (unpaired) electrons. The fourth-order valence-electron chi connectivity index (χ4n) is 1.47. The van der Waals surface area contributed by atoms with Crippen LogP contribution in [0.25, 0.3) is 0 Å². The largest absolute Gasteiger partial charge is 0.452 e. The minimum atomic E-state index is -4.55. The number of aromatic nitrogens is 3. The van der Waals surface area contributed by atoms with Crippen LogP contribution in [0.1, 0.15) is 25.6 Å². The minimum absolute atomic E-state index is 0.0234. The molecular weight excluding hydrogens is 273 g/mol. The highest BCUT2D eigenvalue weighted by atomic mass is 19.4. The monoisotopic (exact) mass is 286 g/mol. The number of pyridine rings is 1. The van der Waals surface area contributed by atoms with Gasteiger partial charge in [-0.25, -0.2) is 4.98 Å². The van der Waals surface area contributed by atoms with Crippen LogP contribution >= 0.6 is 0 Å². The van der Waals surface area contributed by atoms with Crippen molar-refractivity contribution in [1.82, 2.24) is 14.8 Å². The normalized spacial score (nSPS) is 11.9. The van der Waals surface area contributed by atoms with Gasteiger partial charge in [0.2, 0.25) is 0 Å². The predicted octanol–water partition coefficient (Wildman–Crippen LogP) is 3.25. The SMILES string of the molecule is CC(C)n1cc(Oc2cc(C(F)(F)F)ncc2N)cn1. The molecule has 2 aromatic heterocycles. The molecular formula is C12H13F3N4O. The topological polar surface area (TPSA) is 66.0 Å². The molecule has 2 aromatic rings. The van der Waals surface area contributed by atoms with Crippen LogP contribution in [0.2, 0.25) is 0 Å². The molecule has 0 aliphatic carbocycles. The molecule has 2 rings (SSSR count). The van der Waals surface area contributed by atoms with Gasteiger partial charge in [0.15, 0.2) is 11.5 Å². The average molecular weight is 286 g/mol. The summed E-state index contributed by atoms with van der Waals surface area (Å²) >= 11 is 0. The summed E-state index contributed by atoms with van der Waals surface area (Å²) in [6, 6.07) is 0.884. The summed E-state index contributed by atoms with van der Waals surface area (Å²) < 4.78 is 44.7. The maximum absolute atomic E-state index is 12.6. The van der Waals surface area contributed by atoms with Crippen LogP contribution < -0.4 is 10.5 Å². The highest BCUT2D eigenvalue weighted by Gasteiger charge is 2.33. The Morgan fingerprint density at radius 1 is 1.30 bits per heavy atom. The molecule has 0 aliphatic heterocycles. The lowest BCUT2D eigenvalue weighted by Gasteiger charge is -2.10. The first-order valence-electron chi connectivity index (χ1n) is 5.82. The van der Waals surface area contributed by atoms with E-state index in [0.717, 1.165) is 12.3 Å². The summed E-state index contributed by atoms with van der Waals surface area (Å²) in [5, 5.41) is 4.03. The number of alkyl halides is 3. The lowest BCUT2D eigenvalue weighted by molar-refractivity contribution is -0.141. The van der Waals surface area contributed by atoms with Crippen molar-refractivity contribution >= 4 is 5.69 Å². The molecule has 0 saturated carbocycles. The maximum Gasteiger partial charge on any atom is 0.433 e. The Balaban J connectivity index is 2.28. The van der Waals surface area contributed by atoms with Gasteiger partial charge >= 0.3 is 6.18 Å². The summed E-state index contributed by atoms with van der Waals surface area (Å²) in [6.07, 6.45) is -0.635. The Morgan fingerprint density at radius 3 is 2.55 bits per heavy atom. The molecule has 2 N–H and O–H groups in total. The van der Waals surface area contributed by atoms with Crippen molar-refractivity contribution in [1.29, 1.82) is 0 Å². The number of halogens is 3. The second kappa shape index (κ2) is 5.03. The van der Waals surface area contributed by atoms with Gasteiger partial charge in [-0.3, -0.25) is 4.68 Å². The summed E-state index contributed by atoms with van der Waals surface area (Å²) in [6.45, 7) is 3.83. The van der Waals surface area contributed by atoms with Gasteiger partial charge in [0.1, 0.15) is 5.69 Å². The van der Waals surface area contributed by atoms with Gasteiger partial charge in [-0.05, 0) is 13.8 Å². The average Bonchev–Trinajstić information content (AvgIpc) is 2.79. The molecule has 0 fully saturated rings. The Labute approximate surface area is 113 Å². The van der Waals surface area contributed by atoms with E-state index < -0.39 is 11.9 Å². The van der Waals surface area contributed by atoms with Crippen LogP contribution in [0.5, 0.6) is 11.5 Å². The number of nitrogens with two attached hydrogens (primary N) is 1. The zero-order valence-corrected chi connectivity index (χ0v) is 10.8. The number of hydrogen-bond donors (Lipinski definition) is 1. The van der Waals surface area contributed by atoms with Gasteiger partial charge in [-0.15, -0.1) is 0 Å². The Bertz CT molecular complexity index is 607. The van der Waals surface area contributed by atoms with E-state index in [2.05, 4.69) is 10.1 Å². The van der Waals surface area contributed by atoms with Crippen molar-refractivity contribution in [3.05, 3.63) is 30.4 Å². The van der Waals surface area contributed by atoms with Crippen molar-refractivity contribution in [2.24, 2.45) is 0 Å². The number of nitrogen functional groups attached to an aromatic ring is 1. The molecule has 2 heterocycles. The van der Waals surface area contributed by atoms with E-state index in [9.17, 15) is 13.2 Å². The quantitative estimate of drug-likeness (QED) is 0.940. The second-order valence-corrected chi connectivity index (χ2v) is 4.46. The fourth-order valence-corrected chi connectivity index (χ4v) is 1.47. The maximum atomic E-state index is 12.6. The molecule has 0 spiro atoms. The predicted molar refractivity (Wildman–Crippen MR) is 66.3 cm³/mol. The number of hydrogen-bond acceptors (Lipinski definition) is 4. The molecule has 0 unspecified atom stereocenters. The number of ether oxygens (including phenoxy) is 1. The van der Waals surface area contributed by atoms with Gasteiger partial charge < -0.3 is 10.5 Å². The molecule has 108 valence electrons. The third-order valence-electron chi connectivity index (χ3n) is 2.52. The smallest absolute Gasteiger partial charge is 0.433 e. The Morgan fingerprint density at radius 2 is 2.00 bits per heavy atom. The first-order valence-corrected chi connectivity index (χ1v) is 5.82. The van der Waals surface area contributed by atoms with Crippen molar-refractivity contribution < 1.29 is 17.9 Å². The van der Waals surface area contributed by atoms with Crippen molar-refractivity contribution in [2.45, 2.75) is 26.1 Å². The molecule has 5 nitrogen and oxygen atoms in total. The molecule has 8 heteroatoms. The lowest BCUT2D eigenvalue weighted by Crippen LogP contribution is -2.08. The zero-order valence-electron chi connectivity index (χ0n) is 10.8. The van der Waals surface area contributed by atoms with Gasteiger partial charge in [-0.1, -0.05) is 0 Å². The van der Waals surface area contributed by atoms with Crippen molar-refractivity contribution in [3.8, 4) is 11.5 Å². The van der Waals surface area contributed by atoms with Crippen LogP contribution in [0.15, 0.2) is 24.7 Å². The van der Waals surface area contributed by atoms with Crippen LogP contribution in [0, 0.1) is 0 Å². The second-order valence-electron chi connectivity index (χ2n) is 4.46. The van der Waals surface area contributed by atoms with E-state index in [0.29, 0.717) is 5.75 Å². The number of nitrogens with zero attached hydrogens (tertiary/aromatic N) is 3. The summed E-state index contributed by atoms with van der Waals surface area (Å²) in [7, 11) is 0. The molecule has 0 amide bonds. The molecule has 20 heavy (non-hydrogen) atoms. The van der Waals surface area contributed by atoms with E-state index in [1.54, 1.807) is 10.9 Å². The standard InChI is InChI=1S/C12H13F3N4O/c1-7(2)19-6-8(4-18-19)20-10-3-11(12(13,14)15)17-5-9(10)16/h3-7H,16H2,1-2H3. The molecule has 0 bridgehead atoms. The van der Waals surface area contributed by atoms with Crippen molar-refractivity contribution in [2.75, 3.05) is 5.73 Å². The van der Waals surface area contributed by atoms with E-state index in [1.165, 1.54) is 6.20 Å². The highest BCUT2D eigenvalue weighted by molar-refractivity contribution is 5.52. The molecule has 0 atom stereocenters.